The number of hydrogen-bond donors (Lipinski definition) is 1. The molecule has 1 aromatic carbocycles. The van der Waals surface area contributed by atoms with E-state index >= 15 is 0 Å². The molecule has 1 aliphatic heterocycles. The first-order chi connectivity index (χ1) is 8.79. The Labute approximate surface area is 109 Å². The Morgan fingerprint density at radius 2 is 2.17 bits per heavy atom. The van der Waals surface area contributed by atoms with Gasteiger partial charge >= 0.3 is 0 Å². The van der Waals surface area contributed by atoms with Crippen molar-refractivity contribution in [3.8, 4) is 6.07 Å². The summed E-state index contributed by atoms with van der Waals surface area (Å²) in [7, 11) is 0. The van der Waals surface area contributed by atoms with Gasteiger partial charge in [0.1, 0.15) is 0 Å². The standard InChI is InChI=1S/C15H21N3/c1-13(15-6-4-5-14(11-15)12-16)17-7-10-18-8-2-3-9-18/h4-6,11,13,17H,2-3,7-10H2,1H3. The highest BCUT2D eigenvalue weighted by Crippen LogP contribution is 2.13. The molecular formula is C15H21N3. The van der Waals surface area contributed by atoms with Gasteiger partial charge < -0.3 is 10.2 Å². The van der Waals surface area contributed by atoms with Gasteiger partial charge in [-0.2, -0.15) is 5.26 Å². The minimum atomic E-state index is 0.306. The summed E-state index contributed by atoms with van der Waals surface area (Å²) < 4.78 is 0. The minimum absolute atomic E-state index is 0.306. The van der Waals surface area contributed by atoms with E-state index in [9.17, 15) is 0 Å². The molecule has 1 atom stereocenters. The highest BCUT2D eigenvalue weighted by molar-refractivity contribution is 5.33. The number of nitrogens with zero attached hydrogens (tertiary/aromatic N) is 2. The Morgan fingerprint density at radius 1 is 1.39 bits per heavy atom. The molecule has 18 heavy (non-hydrogen) atoms. The first kappa shape index (κ1) is 13.1. The van der Waals surface area contributed by atoms with Gasteiger partial charge in [-0.3, -0.25) is 0 Å². The quantitative estimate of drug-likeness (QED) is 0.862. The van der Waals surface area contributed by atoms with Crippen LogP contribution in [0.4, 0.5) is 0 Å². The van der Waals surface area contributed by atoms with Gasteiger partial charge in [-0.05, 0) is 50.6 Å². The van der Waals surface area contributed by atoms with Crippen LogP contribution in [0.2, 0.25) is 0 Å². The molecule has 0 radical (unpaired) electrons. The zero-order chi connectivity index (χ0) is 12.8. The summed E-state index contributed by atoms with van der Waals surface area (Å²) >= 11 is 0. The van der Waals surface area contributed by atoms with E-state index in [4.69, 9.17) is 5.26 Å². The summed E-state index contributed by atoms with van der Waals surface area (Å²) in [5.74, 6) is 0. The monoisotopic (exact) mass is 243 g/mol. The Hall–Kier alpha value is -1.37. The fraction of sp³-hybridized carbons (Fsp3) is 0.533. The maximum absolute atomic E-state index is 8.89. The van der Waals surface area contributed by atoms with E-state index in [1.165, 1.54) is 31.5 Å². The number of nitrogens with one attached hydrogen (secondary N) is 1. The van der Waals surface area contributed by atoms with Crippen LogP contribution in [0.1, 0.15) is 36.9 Å². The summed E-state index contributed by atoms with van der Waals surface area (Å²) in [6.45, 7) is 6.79. The molecule has 1 saturated heterocycles. The SMILES string of the molecule is CC(NCCN1CCCC1)c1cccc(C#N)c1. The second kappa shape index (κ2) is 6.53. The van der Waals surface area contributed by atoms with Crippen molar-refractivity contribution in [2.75, 3.05) is 26.2 Å². The zero-order valence-electron chi connectivity index (χ0n) is 11.0. The van der Waals surface area contributed by atoms with E-state index in [2.05, 4.69) is 29.3 Å². The molecule has 0 aromatic heterocycles. The van der Waals surface area contributed by atoms with E-state index in [1.807, 2.05) is 18.2 Å². The fourth-order valence-electron chi connectivity index (χ4n) is 2.44. The van der Waals surface area contributed by atoms with Crippen LogP contribution in [0.3, 0.4) is 0 Å². The molecule has 1 unspecified atom stereocenters. The lowest BCUT2D eigenvalue weighted by atomic mass is 10.1. The van der Waals surface area contributed by atoms with E-state index in [1.54, 1.807) is 0 Å². The van der Waals surface area contributed by atoms with Crippen molar-refractivity contribution >= 4 is 0 Å². The Bertz CT molecular complexity index is 416. The van der Waals surface area contributed by atoms with Crippen molar-refractivity contribution in [2.24, 2.45) is 0 Å². The Morgan fingerprint density at radius 3 is 2.89 bits per heavy atom. The minimum Gasteiger partial charge on any atom is -0.309 e. The van der Waals surface area contributed by atoms with Gasteiger partial charge in [0.05, 0.1) is 11.6 Å². The Balaban J connectivity index is 1.79. The number of nitriles is 1. The van der Waals surface area contributed by atoms with Gasteiger partial charge in [0.15, 0.2) is 0 Å². The molecule has 1 aromatic rings. The molecule has 96 valence electrons. The van der Waals surface area contributed by atoms with Gasteiger partial charge in [0, 0.05) is 19.1 Å². The predicted octanol–water partition coefficient (Wildman–Crippen LogP) is 2.30. The molecule has 0 saturated carbocycles. The summed E-state index contributed by atoms with van der Waals surface area (Å²) in [6.07, 6.45) is 2.69. The topological polar surface area (TPSA) is 39.1 Å². The van der Waals surface area contributed by atoms with Crippen molar-refractivity contribution in [1.82, 2.24) is 10.2 Å². The van der Waals surface area contributed by atoms with Crippen LogP contribution in [-0.4, -0.2) is 31.1 Å². The normalized spacial score (nSPS) is 17.6. The summed E-state index contributed by atoms with van der Waals surface area (Å²) in [5.41, 5.74) is 1.93. The lowest BCUT2D eigenvalue weighted by Crippen LogP contribution is -2.31. The molecule has 0 aliphatic carbocycles. The maximum atomic E-state index is 8.89. The fourth-order valence-corrected chi connectivity index (χ4v) is 2.44. The van der Waals surface area contributed by atoms with Crippen molar-refractivity contribution in [3.05, 3.63) is 35.4 Å². The first-order valence-electron chi connectivity index (χ1n) is 6.75. The van der Waals surface area contributed by atoms with Gasteiger partial charge in [-0.25, -0.2) is 0 Å². The molecule has 1 N–H and O–H groups in total. The molecule has 2 rings (SSSR count). The van der Waals surface area contributed by atoms with Gasteiger partial charge in [-0.1, -0.05) is 12.1 Å². The molecule has 0 amide bonds. The number of benzene rings is 1. The van der Waals surface area contributed by atoms with Gasteiger partial charge in [0.2, 0.25) is 0 Å². The second-order valence-corrected chi connectivity index (χ2v) is 4.96. The highest BCUT2D eigenvalue weighted by Gasteiger charge is 2.11. The molecule has 3 nitrogen and oxygen atoms in total. The molecular weight excluding hydrogens is 222 g/mol. The molecule has 1 aliphatic rings. The molecule has 3 heteroatoms. The number of hydrogen-bond acceptors (Lipinski definition) is 3. The van der Waals surface area contributed by atoms with Crippen molar-refractivity contribution < 1.29 is 0 Å². The number of likely N-dealkylation sites (tertiary alicyclic amines) is 1. The van der Waals surface area contributed by atoms with E-state index in [-0.39, 0.29) is 0 Å². The van der Waals surface area contributed by atoms with E-state index in [0.29, 0.717) is 6.04 Å². The van der Waals surface area contributed by atoms with Crippen molar-refractivity contribution in [3.63, 3.8) is 0 Å². The maximum Gasteiger partial charge on any atom is 0.0991 e. The van der Waals surface area contributed by atoms with E-state index in [0.717, 1.165) is 18.7 Å². The molecule has 0 bridgehead atoms. The van der Waals surface area contributed by atoms with Crippen molar-refractivity contribution in [2.45, 2.75) is 25.8 Å². The van der Waals surface area contributed by atoms with Crippen LogP contribution in [0.15, 0.2) is 24.3 Å². The number of rotatable bonds is 5. The van der Waals surface area contributed by atoms with Crippen molar-refractivity contribution in [1.29, 1.82) is 5.26 Å². The van der Waals surface area contributed by atoms with Crippen LogP contribution in [-0.2, 0) is 0 Å². The highest BCUT2D eigenvalue weighted by atomic mass is 15.1. The lowest BCUT2D eigenvalue weighted by molar-refractivity contribution is 0.330. The summed E-state index contributed by atoms with van der Waals surface area (Å²) in [4.78, 5) is 2.51. The van der Waals surface area contributed by atoms with Crippen LogP contribution < -0.4 is 5.32 Å². The average Bonchev–Trinajstić information content (AvgIpc) is 2.92. The molecule has 1 heterocycles. The van der Waals surface area contributed by atoms with Crippen LogP contribution in [0, 0.1) is 11.3 Å². The van der Waals surface area contributed by atoms with E-state index < -0.39 is 0 Å². The van der Waals surface area contributed by atoms with Crippen LogP contribution in [0.25, 0.3) is 0 Å². The third-order valence-electron chi connectivity index (χ3n) is 3.59. The molecule has 1 fully saturated rings. The summed E-state index contributed by atoms with van der Waals surface area (Å²) in [5, 5.41) is 12.4. The third kappa shape index (κ3) is 3.56. The first-order valence-corrected chi connectivity index (χ1v) is 6.75. The Kier molecular flexibility index (Phi) is 4.74. The van der Waals surface area contributed by atoms with Crippen LogP contribution >= 0.6 is 0 Å². The largest absolute Gasteiger partial charge is 0.309 e. The van der Waals surface area contributed by atoms with Gasteiger partial charge in [-0.15, -0.1) is 0 Å². The lowest BCUT2D eigenvalue weighted by Gasteiger charge is -2.18. The van der Waals surface area contributed by atoms with Crippen LogP contribution in [0.5, 0.6) is 0 Å². The smallest absolute Gasteiger partial charge is 0.0991 e. The predicted molar refractivity (Wildman–Crippen MR) is 73.2 cm³/mol. The average molecular weight is 243 g/mol. The summed E-state index contributed by atoms with van der Waals surface area (Å²) in [6, 6.07) is 10.3. The van der Waals surface area contributed by atoms with Gasteiger partial charge in [0.25, 0.3) is 0 Å². The molecule has 0 spiro atoms. The third-order valence-corrected chi connectivity index (χ3v) is 3.59. The second-order valence-electron chi connectivity index (χ2n) is 4.96. The zero-order valence-corrected chi connectivity index (χ0v) is 11.0.